The number of amides is 1. The number of nitrogens with zero attached hydrogens (tertiary/aromatic N) is 10. The number of hydrogen-bond donors (Lipinski definition) is 3. The Kier molecular flexibility index (Phi) is 19.3. The number of carboxylic acid groups (broad SMARTS) is 1. The lowest BCUT2D eigenvalue weighted by molar-refractivity contribution is 0.0695. The van der Waals surface area contributed by atoms with Crippen LogP contribution in [0.5, 0.6) is 0 Å². The van der Waals surface area contributed by atoms with Crippen LogP contribution >= 0.6 is 44.3 Å². The number of carbonyl (C=O) groups excluding carboxylic acids is 1. The van der Waals surface area contributed by atoms with Crippen LogP contribution in [0.1, 0.15) is 70.4 Å². The van der Waals surface area contributed by atoms with Gasteiger partial charge in [0.25, 0.3) is 5.91 Å². The minimum atomic E-state index is -1.25. The van der Waals surface area contributed by atoms with Crippen LogP contribution in [0.3, 0.4) is 0 Å². The van der Waals surface area contributed by atoms with Crippen molar-refractivity contribution in [2.24, 2.45) is 19.8 Å². The number of hydrogen-bond acceptors (Lipinski definition) is 11. The van der Waals surface area contributed by atoms with Gasteiger partial charge in [-0.15, -0.1) is 12.4 Å². The maximum Gasteiger partial charge on any atom is 0.339 e. The quantitative estimate of drug-likeness (QED) is 0.0575. The Morgan fingerprint density at radius 2 is 1.12 bits per heavy atom. The number of aryl methyl sites for hydroxylation is 2. The van der Waals surface area contributed by atoms with Gasteiger partial charge in [0.05, 0.1) is 34.5 Å². The number of ether oxygens (including phenoxy) is 2. The Morgan fingerprint density at radius 1 is 0.663 bits per heavy atom. The number of aromatic nitrogens is 10. The summed E-state index contributed by atoms with van der Waals surface area (Å²) in [7, 11) is 1.01. The number of halogens is 5. The van der Waals surface area contributed by atoms with Gasteiger partial charge in [-0.25, -0.2) is 33.5 Å². The van der Waals surface area contributed by atoms with Crippen LogP contribution in [-0.2, 0) is 48.1 Å². The molecule has 17 nitrogen and oxygen atoms in total. The van der Waals surface area contributed by atoms with Crippen LogP contribution in [0.2, 0.25) is 51.4 Å². The monoisotopic (exact) mass is 1350 g/mol. The molecule has 10 aromatic rings. The number of nitrogens with two attached hydrogens (primary N) is 1. The lowest BCUT2D eigenvalue weighted by Crippen LogP contribution is -2.50. The molecule has 6 aromatic heterocycles. The van der Waals surface area contributed by atoms with Crippen molar-refractivity contribution in [2.75, 3.05) is 13.2 Å². The third kappa shape index (κ3) is 14.2. The SMILES string of the molecule is Cl.Cn1nc(-c2cnc3c(n2)c(C(=O)NC2(c4cccc(Br)c4)CCC2)cn3COCC[Si](C)(C)C)c2ccc(F)cc21.Cn1nc(-c2cnc3c(n2)c(C(=O)O)cn3COCC[Si](C)(C)C)c2ccc(F)cc21.NC1(c2cccc(Br)c2)CCC1. The summed E-state index contributed by atoms with van der Waals surface area (Å²) in [5.74, 6) is -1.99. The van der Waals surface area contributed by atoms with E-state index in [1.807, 2.05) is 28.8 Å². The maximum absolute atomic E-state index is 14.0. The molecule has 86 heavy (non-hydrogen) atoms. The van der Waals surface area contributed by atoms with E-state index in [0.29, 0.717) is 74.8 Å². The van der Waals surface area contributed by atoms with Gasteiger partial charge in [0.1, 0.15) is 64.5 Å². The maximum atomic E-state index is 14.0. The molecule has 2 aliphatic rings. The van der Waals surface area contributed by atoms with Gasteiger partial charge in [-0.05, 0) is 122 Å². The summed E-state index contributed by atoms with van der Waals surface area (Å²) in [5.41, 5.74) is 13.6. The van der Waals surface area contributed by atoms with E-state index >= 15 is 0 Å². The van der Waals surface area contributed by atoms with Crippen molar-refractivity contribution in [2.45, 2.75) is 114 Å². The second kappa shape index (κ2) is 26.0. The Labute approximate surface area is 522 Å². The van der Waals surface area contributed by atoms with Crippen molar-refractivity contribution < 1.29 is 33.0 Å². The van der Waals surface area contributed by atoms with Crippen LogP contribution in [0.25, 0.3) is 66.9 Å². The molecule has 2 fully saturated rings. The lowest BCUT2D eigenvalue weighted by Gasteiger charge is -2.43. The fraction of sp³-hybridized carbons (Fsp3) is 0.355. The van der Waals surface area contributed by atoms with Gasteiger partial charge < -0.3 is 34.8 Å². The first-order valence-corrected chi connectivity index (χ1v) is 37.4. The van der Waals surface area contributed by atoms with Crippen molar-refractivity contribution in [3.8, 4) is 22.8 Å². The van der Waals surface area contributed by atoms with Gasteiger partial charge >= 0.3 is 5.97 Å². The molecule has 0 saturated heterocycles. The standard InChI is InChI=1S/C31H34BrFN6O2Si.C21H24FN5O3Si.C10H12BrN.ClH/c1-38-26-16-22(33)9-10-23(26)27(37-38)25-17-34-29-28(35-25)24(18-39(29)19-41-13-14-42(2,3)4)30(40)36-31(11-6-12-31)20-7-5-8-21(32)15-20;1-26-17-9-13(22)5-6-14(17)18(25-26)16-10-23-20-19(24-16)15(21(28)29)11-27(20)12-30-7-8-31(2,3)4;11-9-4-1-3-8(7-9)10(12)5-2-6-10;/h5,7-10,15-18H,6,11-14,19H2,1-4H3,(H,36,40);5-6,9-11H,7-8,12H2,1-4H3,(H,28,29);1,3-4,7H,2,5-6,12H2;1H. The number of fused-ring (bicyclic) bond motifs is 4. The van der Waals surface area contributed by atoms with E-state index < -0.39 is 27.7 Å². The zero-order valence-electron chi connectivity index (χ0n) is 49.4. The third-order valence-corrected chi connectivity index (χ3v) is 20.1. The van der Waals surface area contributed by atoms with Crippen molar-refractivity contribution in [1.82, 2.24) is 53.9 Å². The van der Waals surface area contributed by atoms with Gasteiger partial charge in [0, 0.05) is 81.1 Å². The van der Waals surface area contributed by atoms with E-state index in [1.54, 1.807) is 58.7 Å². The molecule has 0 radical (unpaired) electrons. The van der Waals surface area contributed by atoms with Gasteiger partial charge in [0.2, 0.25) is 0 Å². The Bertz CT molecular complexity index is 4130. The van der Waals surface area contributed by atoms with E-state index in [4.69, 9.17) is 25.2 Å². The highest BCUT2D eigenvalue weighted by Crippen LogP contribution is 2.43. The molecule has 0 aliphatic heterocycles. The fourth-order valence-electron chi connectivity index (χ4n) is 10.5. The predicted octanol–water partition coefficient (Wildman–Crippen LogP) is 14.4. The van der Waals surface area contributed by atoms with Gasteiger partial charge in [-0.1, -0.05) is 95.4 Å². The molecule has 0 atom stereocenters. The molecular formula is C62H71Br2ClF2N12O5Si2. The number of nitrogens with one attached hydrogen (secondary N) is 1. The lowest BCUT2D eigenvalue weighted by atomic mass is 9.71. The fourth-order valence-corrected chi connectivity index (χ4v) is 12.8. The van der Waals surface area contributed by atoms with Crippen LogP contribution in [0, 0.1) is 11.6 Å². The molecule has 6 heterocycles. The Balaban J connectivity index is 0.000000175. The second-order valence-corrected chi connectivity index (χ2v) is 37.6. The number of carbonyl (C=O) groups is 2. The van der Waals surface area contributed by atoms with Crippen molar-refractivity contribution in [3.63, 3.8) is 0 Å². The summed E-state index contributed by atoms with van der Waals surface area (Å²) in [5, 5.41) is 23.5. The van der Waals surface area contributed by atoms with Crippen LogP contribution in [0.4, 0.5) is 8.78 Å². The molecule has 0 unspecified atom stereocenters. The summed E-state index contributed by atoms with van der Waals surface area (Å²) < 4.78 is 48.2. The van der Waals surface area contributed by atoms with E-state index in [-0.39, 0.29) is 60.0 Å². The first-order chi connectivity index (χ1) is 40.4. The van der Waals surface area contributed by atoms with Gasteiger partial charge in [-0.2, -0.15) is 10.2 Å². The van der Waals surface area contributed by atoms with Gasteiger partial charge in [0.15, 0.2) is 11.3 Å². The molecule has 2 saturated carbocycles. The zero-order chi connectivity index (χ0) is 60.6. The molecule has 0 spiro atoms. The third-order valence-electron chi connectivity index (χ3n) is 15.8. The molecule has 4 N–H and O–H groups in total. The highest BCUT2D eigenvalue weighted by atomic mass is 79.9. The minimum Gasteiger partial charge on any atom is -0.478 e. The average Bonchev–Trinajstić information content (AvgIpc) is 1.54. The summed E-state index contributed by atoms with van der Waals surface area (Å²) >= 11 is 7.03. The molecule has 452 valence electrons. The molecule has 4 aromatic carbocycles. The molecular weight excluding hydrogens is 1280 g/mol. The summed E-state index contributed by atoms with van der Waals surface area (Å²) in [6, 6.07) is 27.4. The van der Waals surface area contributed by atoms with E-state index in [2.05, 4.69) is 121 Å². The molecule has 1 amide bonds. The smallest absolute Gasteiger partial charge is 0.339 e. The van der Waals surface area contributed by atoms with Crippen LogP contribution in [-0.4, -0.2) is 95.0 Å². The first-order valence-electron chi connectivity index (χ1n) is 28.4. The summed E-state index contributed by atoms with van der Waals surface area (Å²) in [6.45, 7) is 15.5. The molecule has 2 aliphatic carbocycles. The number of benzene rings is 4. The largest absolute Gasteiger partial charge is 0.478 e. The topological polar surface area (TPSA) is 208 Å². The van der Waals surface area contributed by atoms with Gasteiger partial charge in [-0.3, -0.25) is 14.2 Å². The Morgan fingerprint density at radius 3 is 1.55 bits per heavy atom. The number of rotatable bonds is 17. The van der Waals surface area contributed by atoms with Crippen molar-refractivity contribution in [1.29, 1.82) is 0 Å². The van der Waals surface area contributed by atoms with E-state index in [9.17, 15) is 23.5 Å². The average molecular weight is 1350 g/mol. The summed E-state index contributed by atoms with van der Waals surface area (Å²) in [6.07, 6.45) is 12.8. The zero-order valence-corrected chi connectivity index (χ0v) is 55.4. The highest BCUT2D eigenvalue weighted by Gasteiger charge is 2.41. The summed E-state index contributed by atoms with van der Waals surface area (Å²) in [4.78, 5) is 44.5. The predicted molar refractivity (Wildman–Crippen MR) is 348 cm³/mol. The number of aromatic carboxylic acids is 1. The normalized spacial score (nSPS) is 14.4. The van der Waals surface area contributed by atoms with Crippen molar-refractivity contribution in [3.05, 3.63) is 153 Å². The Hall–Kier alpha value is -6.58. The minimum absolute atomic E-state index is 0. The highest BCUT2D eigenvalue weighted by molar-refractivity contribution is 9.10. The molecule has 24 heteroatoms. The van der Waals surface area contributed by atoms with Crippen molar-refractivity contribution >= 4 is 116 Å². The van der Waals surface area contributed by atoms with E-state index in [1.165, 1.54) is 42.4 Å². The van der Waals surface area contributed by atoms with E-state index in [0.717, 1.165) is 64.1 Å². The molecule has 0 bridgehead atoms. The van der Waals surface area contributed by atoms with Crippen LogP contribution in [0.15, 0.2) is 119 Å². The second-order valence-electron chi connectivity index (χ2n) is 24.6. The first kappa shape index (κ1) is 63.9. The number of carboxylic acids is 1. The van der Waals surface area contributed by atoms with Crippen LogP contribution < -0.4 is 11.1 Å². The molecule has 12 rings (SSSR count).